The highest BCUT2D eigenvalue weighted by Gasteiger charge is 2.24. The molecule has 1 saturated heterocycles. The van der Waals surface area contributed by atoms with Crippen LogP contribution in [0.1, 0.15) is 17.3 Å². The van der Waals surface area contributed by atoms with Gasteiger partial charge < -0.3 is 10.0 Å². The zero-order chi connectivity index (χ0) is 12.4. The number of thioether (sulfide) groups is 1. The van der Waals surface area contributed by atoms with Gasteiger partial charge in [-0.25, -0.2) is 0 Å². The van der Waals surface area contributed by atoms with Crippen LogP contribution in [0.2, 0.25) is 0 Å². The van der Waals surface area contributed by atoms with Crippen molar-refractivity contribution >= 4 is 33.6 Å². The fourth-order valence-corrected chi connectivity index (χ4v) is 3.10. The van der Waals surface area contributed by atoms with Crippen LogP contribution in [0.4, 0.5) is 0 Å². The number of benzene rings is 1. The van der Waals surface area contributed by atoms with Crippen molar-refractivity contribution in [2.45, 2.75) is 13.0 Å². The summed E-state index contributed by atoms with van der Waals surface area (Å²) in [5.74, 6) is 2.07. The van der Waals surface area contributed by atoms with Gasteiger partial charge in [0, 0.05) is 29.7 Å². The van der Waals surface area contributed by atoms with Gasteiger partial charge in [-0.15, -0.1) is 0 Å². The van der Waals surface area contributed by atoms with E-state index in [0.717, 1.165) is 18.1 Å². The van der Waals surface area contributed by atoms with E-state index in [1.807, 2.05) is 16.7 Å². The second-order valence-corrected chi connectivity index (χ2v) is 6.09. The number of amides is 1. The standard InChI is InChI=1S/C12H14BrNO2S/c1-8-7-17-5-4-14(8)12(16)9-2-3-10(13)11(15)6-9/h2-3,6,8,15H,4-5,7H2,1H3. The normalized spacial score (nSPS) is 20.4. The third kappa shape index (κ3) is 2.77. The number of hydrogen-bond donors (Lipinski definition) is 1. The third-order valence-corrected chi connectivity index (χ3v) is 4.68. The fourth-order valence-electron chi connectivity index (χ4n) is 1.84. The molecule has 1 aliphatic heterocycles. The Morgan fingerprint density at radius 1 is 1.59 bits per heavy atom. The molecule has 0 saturated carbocycles. The summed E-state index contributed by atoms with van der Waals surface area (Å²) in [6.45, 7) is 2.84. The maximum Gasteiger partial charge on any atom is 0.254 e. The molecule has 17 heavy (non-hydrogen) atoms. The number of phenols is 1. The van der Waals surface area contributed by atoms with Gasteiger partial charge in [0.2, 0.25) is 0 Å². The molecule has 1 aliphatic rings. The topological polar surface area (TPSA) is 40.5 Å². The molecule has 1 aromatic rings. The lowest BCUT2D eigenvalue weighted by Gasteiger charge is -2.33. The van der Waals surface area contributed by atoms with E-state index in [-0.39, 0.29) is 17.7 Å². The van der Waals surface area contributed by atoms with Crippen LogP contribution in [0, 0.1) is 0 Å². The van der Waals surface area contributed by atoms with Crippen LogP contribution in [-0.2, 0) is 0 Å². The minimum absolute atomic E-state index is 0.000556. The first-order valence-corrected chi connectivity index (χ1v) is 7.41. The first-order valence-electron chi connectivity index (χ1n) is 5.47. The van der Waals surface area contributed by atoms with Crippen molar-refractivity contribution in [1.29, 1.82) is 0 Å². The van der Waals surface area contributed by atoms with E-state index >= 15 is 0 Å². The Labute approximate surface area is 113 Å². The molecule has 0 aromatic heterocycles. The van der Waals surface area contributed by atoms with Crippen molar-refractivity contribution in [3.63, 3.8) is 0 Å². The zero-order valence-corrected chi connectivity index (χ0v) is 11.9. The molecule has 0 spiro atoms. The molecular formula is C12H14BrNO2S. The molecule has 1 atom stereocenters. The van der Waals surface area contributed by atoms with Gasteiger partial charge >= 0.3 is 0 Å². The van der Waals surface area contributed by atoms with Crippen LogP contribution >= 0.6 is 27.7 Å². The van der Waals surface area contributed by atoms with Gasteiger partial charge in [0.15, 0.2) is 0 Å². The van der Waals surface area contributed by atoms with Gasteiger partial charge in [-0.1, -0.05) is 0 Å². The van der Waals surface area contributed by atoms with Gasteiger partial charge in [-0.2, -0.15) is 11.8 Å². The van der Waals surface area contributed by atoms with E-state index in [1.54, 1.807) is 12.1 Å². The second-order valence-electron chi connectivity index (χ2n) is 4.09. The van der Waals surface area contributed by atoms with Gasteiger partial charge in [0.1, 0.15) is 5.75 Å². The number of halogens is 1. The van der Waals surface area contributed by atoms with Crippen LogP contribution in [0.25, 0.3) is 0 Å². The Morgan fingerprint density at radius 3 is 3.00 bits per heavy atom. The average Bonchev–Trinajstić information content (AvgIpc) is 2.32. The van der Waals surface area contributed by atoms with Crippen molar-refractivity contribution in [2.24, 2.45) is 0 Å². The number of carbonyl (C=O) groups is 1. The summed E-state index contributed by atoms with van der Waals surface area (Å²) in [5, 5.41) is 9.59. The highest BCUT2D eigenvalue weighted by Crippen LogP contribution is 2.26. The Morgan fingerprint density at radius 2 is 2.35 bits per heavy atom. The molecule has 5 heteroatoms. The lowest BCUT2D eigenvalue weighted by atomic mass is 10.1. The lowest BCUT2D eigenvalue weighted by molar-refractivity contribution is 0.0715. The second kappa shape index (κ2) is 5.31. The molecule has 1 heterocycles. The van der Waals surface area contributed by atoms with Gasteiger partial charge in [0.05, 0.1) is 4.47 Å². The van der Waals surface area contributed by atoms with E-state index in [2.05, 4.69) is 22.9 Å². The number of nitrogens with zero attached hydrogens (tertiary/aromatic N) is 1. The molecule has 92 valence electrons. The molecule has 0 radical (unpaired) electrons. The molecule has 2 rings (SSSR count). The zero-order valence-electron chi connectivity index (χ0n) is 9.52. The number of rotatable bonds is 1. The van der Waals surface area contributed by atoms with Gasteiger partial charge in [-0.05, 0) is 41.1 Å². The molecule has 3 nitrogen and oxygen atoms in total. The predicted molar refractivity (Wildman–Crippen MR) is 73.6 cm³/mol. The summed E-state index contributed by atoms with van der Waals surface area (Å²) >= 11 is 5.08. The quantitative estimate of drug-likeness (QED) is 0.866. The number of aromatic hydroxyl groups is 1. The minimum atomic E-state index is 0.000556. The summed E-state index contributed by atoms with van der Waals surface area (Å²) in [6, 6.07) is 5.21. The van der Waals surface area contributed by atoms with Crippen molar-refractivity contribution in [2.75, 3.05) is 18.1 Å². The monoisotopic (exact) mass is 315 g/mol. The van der Waals surface area contributed by atoms with Gasteiger partial charge in [-0.3, -0.25) is 4.79 Å². The number of carbonyl (C=O) groups excluding carboxylic acids is 1. The first kappa shape index (κ1) is 12.8. The molecule has 1 fully saturated rings. The van der Waals surface area contributed by atoms with E-state index in [1.165, 1.54) is 6.07 Å². The molecule has 1 amide bonds. The minimum Gasteiger partial charge on any atom is -0.507 e. The Kier molecular flexibility index (Phi) is 3.99. The molecule has 0 bridgehead atoms. The smallest absolute Gasteiger partial charge is 0.254 e. The maximum absolute atomic E-state index is 12.3. The third-order valence-electron chi connectivity index (χ3n) is 2.82. The van der Waals surface area contributed by atoms with E-state index < -0.39 is 0 Å². The Bertz CT molecular complexity index is 439. The summed E-state index contributed by atoms with van der Waals surface area (Å²) in [5.41, 5.74) is 0.546. The molecule has 1 aromatic carbocycles. The van der Waals surface area contributed by atoms with Crippen LogP contribution in [0.3, 0.4) is 0 Å². The van der Waals surface area contributed by atoms with Crippen LogP contribution in [-0.4, -0.2) is 40.0 Å². The van der Waals surface area contributed by atoms with E-state index in [0.29, 0.717) is 10.0 Å². The lowest BCUT2D eigenvalue weighted by Crippen LogP contribution is -2.44. The highest BCUT2D eigenvalue weighted by atomic mass is 79.9. The first-order chi connectivity index (χ1) is 8.09. The fraction of sp³-hybridized carbons (Fsp3) is 0.417. The van der Waals surface area contributed by atoms with Crippen molar-refractivity contribution < 1.29 is 9.90 Å². The molecule has 0 aliphatic carbocycles. The summed E-state index contributed by atoms with van der Waals surface area (Å²) in [4.78, 5) is 14.1. The number of phenolic OH excluding ortho intramolecular Hbond substituents is 1. The Balaban J connectivity index is 2.21. The SMILES string of the molecule is CC1CSCCN1C(=O)c1ccc(Br)c(O)c1. The van der Waals surface area contributed by atoms with Crippen molar-refractivity contribution in [1.82, 2.24) is 4.90 Å². The largest absolute Gasteiger partial charge is 0.507 e. The average molecular weight is 316 g/mol. The van der Waals surface area contributed by atoms with Gasteiger partial charge in [0.25, 0.3) is 5.91 Å². The summed E-state index contributed by atoms with van der Waals surface area (Å²) < 4.78 is 0.608. The van der Waals surface area contributed by atoms with E-state index in [9.17, 15) is 9.90 Å². The molecular weight excluding hydrogens is 302 g/mol. The molecule has 1 unspecified atom stereocenters. The van der Waals surface area contributed by atoms with Crippen LogP contribution in [0.5, 0.6) is 5.75 Å². The van der Waals surface area contributed by atoms with Crippen molar-refractivity contribution in [3.05, 3.63) is 28.2 Å². The van der Waals surface area contributed by atoms with E-state index in [4.69, 9.17) is 0 Å². The molecule has 1 N–H and O–H groups in total. The number of hydrogen-bond acceptors (Lipinski definition) is 3. The van der Waals surface area contributed by atoms with Crippen LogP contribution < -0.4 is 0 Å². The Hall–Kier alpha value is -0.680. The van der Waals surface area contributed by atoms with Crippen molar-refractivity contribution in [3.8, 4) is 5.75 Å². The maximum atomic E-state index is 12.3. The summed E-state index contributed by atoms with van der Waals surface area (Å²) in [6.07, 6.45) is 0. The van der Waals surface area contributed by atoms with Crippen LogP contribution in [0.15, 0.2) is 22.7 Å². The highest BCUT2D eigenvalue weighted by molar-refractivity contribution is 9.10. The predicted octanol–water partition coefficient (Wildman–Crippen LogP) is 2.73. The summed E-state index contributed by atoms with van der Waals surface area (Å²) in [7, 11) is 0.